The third-order valence-corrected chi connectivity index (χ3v) is 3.81. The van der Waals surface area contributed by atoms with E-state index in [9.17, 15) is 0 Å². The molecular weight excluding hydrogens is 194 g/mol. The highest BCUT2D eigenvalue weighted by atomic mass is 14.6. The normalized spacial score (nSPS) is 25.9. The maximum absolute atomic E-state index is 5.99. The Hall–Kier alpha value is -0.0400. The van der Waals surface area contributed by atoms with Crippen LogP contribution in [-0.2, 0) is 0 Å². The van der Waals surface area contributed by atoms with Crippen molar-refractivity contribution in [3.63, 3.8) is 0 Å². The van der Waals surface area contributed by atoms with Crippen molar-refractivity contribution in [3.8, 4) is 0 Å². The van der Waals surface area contributed by atoms with Gasteiger partial charge in [-0.2, -0.15) is 0 Å². The van der Waals surface area contributed by atoms with E-state index in [0.717, 1.165) is 5.92 Å². The monoisotopic (exact) mass is 224 g/mol. The molecule has 1 aliphatic rings. The van der Waals surface area contributed by atoms with E-state index in [4.69, 9.17) is 5.73 Å². The molecule has 1 nitrogen and oxygen atoms in total. The fourth-order valence-corrected chi connectivity index (χ4v) is 2.76. The Balaban J connectivity index is 1.86. The van der Waals surface area contributed by atoms with Gasteiger partial charge in [0.1, 0.15) is 0 Å². The first kappa shape index (κ1) is 14.0. The van der Waals surface area contributed by atoms with Crippen LogP contribution in [0.2, 0.25) is 0 Å². The molecule has 2 atom stereocenters. The molecule has 0 spiro atoms. The van der Waals surface area contributed by atoms with Gasteiger partial charge >= 0.3 is 0 Å². The van der Waals surface area contributed by atoms with Gasteiger partial charge in [-0.15, -0.1) is 0 Å². The zero-order valence-electron chi connectivity index (χ0n) is 11.1. The molecule has 1 rings (SSSR count). The van der Waals surface area contributed by atoms with Crippen molar-refractivity contribution in [2.75, 3.05) is 0 Å². The first-order valence-electron chi connectivity index (χ1n) is 7.42. The molecule has 0 aliphatic heterocycles. The zero-order chi connectivity index (χ0) is 11.6. The van der Waals surface area contributed by atoms with Gasteiger partial charge in [-0.3, -0.25) is 0 Å². The summed E-state index contributed by atoms with van der Waals surface area (Å²) in [6, 6.07) is 0.486. The Bertz CT molecular complexity index is 156. The summed E-state index contributed by atoms with van der Waals surface area (Å²) in [6.45, 7) is 2.28. The average Bonchev–Trinajstić information content (AvgIpc) is 2.28. The van der Waals surface area contributed by atoms with Crippen LogP contribution in [0.3, 0.4) is 0 Å². The molecule has 0 heterocycles. The maximum Gasteiger partial charge on any atom is 0.00415 e. The van der Waals surface area contributed by atoms with Crippen molar-refractivity contribution in [2.45, 2.75) is 83.6 Å². The summed E-state index contributed by atoms with van der Waals surface area (Å²) < 4.78 is 0. The topological polar surface area (TPSA) is 26.0 Å². The predicted octanol–water partition coefficient (Wildman–Crippen LogP) is 4.46. The van der Waals surface area contributed by atoms with Crippen molar-refractivity contribution >= 4 is 0 Å². The van der Waals surface area contributed by atoms with Crippen LogP contribution in [0.15, 0.2) is 0 Å². The largest absolute Gasteiger partial charge is 0.328 e. The molecule has 0 amide bonds. The molecule has 1 saturated carbocycles. The standard InChI is InChI=1S/C15H30N/c1-2-3-4-5-6-7-8-10-14-11-9-12-15(16)13-14/h10,14-15H,2-9,11-13,16H2,1H3. The molecule has 16 heavy (non-hydrogen) atoms. The molecule has 2 unspecified atom stereocenters. The zero-order valence-corrected chi connectivity index (χ0v) is 11.1. The van der Waals surface area contributed by atoms with E-state index in [1.165, 1.54) is 70.6 Å². The van der Waals surface area contributed by atoms with Gasteiger partial charge in [0.25, 0.3) is 0 Å². The van der Waals surface area contributed by atoms with Crippen LogP contribution in [0.25, 0.3) is 0 Å². The Morgan fingerprint density at radius 2 is 1.81 bits per heavy atom. The number of rotatable bonds is 8. The van der Waals surface area contributed by atoms with E-state index < -0.39 is 0 Å². The highest BCUT2D eigenvalue weighted by molar-refractivity contribution is 4.84. The fourth-order valence-electron chi connectivity index (χ4n) is 2.76. The fraction of sp³-hybridized carbons (Fsp3) is 0.933. The van der Waals surface area contributed by atoms with Crippen molar-refractivity contribution in [1.29, 1.82) is 0 Å². The highest BCUT2D eigenvalue weighted by Crippen LogP contribution is 2.26. The third kappa shape index (κ3) is 6.52. The van der Waals surface area contributed by atoms with E-state index >= 15 is 0 Å². The molecule has 1 radical (unpaired) electrons. The van der Waals surface area contributed by atoms with Gasteiger partial charge in [0, 0.05) is 6.04 Å². The van der Waals surface area contributed by atoms with Crippen LogP contribution < -0.4 is 5.73 Å². The number of hydrogen-bond acceptors (Lipinski definition) is 1. The van der Waals surface area contributed by atoms with Gasteiger partial charge < -0.3 is 5.73 Å². The smallest absolute Gasteiger partial charge is 0.00415 e. The predicted molar refractivity (Wildman–Crippen MR) is 72.2 cm³/mol. The summed E-state index contributed by atoms with van der Waals surface area (Å²) in [6.07, 6.45) is 17.6. The maximum atomic E-state index is 5.99. The minimum atomic E-state index is 0.486. The first-order chi connectivity index (χ1) is 7.83. The molecule has 95 valence electrons. The number of unbranched alkanes of at least 4 members (excludes halogenated alkanes) is 6. The molecule has 0 aromatic rings. The molecule has 1 heteroatoms. The minimum absolute atomic E-state index is 0.486. The van der Waals surface area contributed by atoms with Crippen LogP contribution in [-0.4, -0.2) is 6.04 Å². The van der Waals surface area contributed by atoms with Gasteiger partial charge in [0.05, 0.1) is 0 Å². The molecule has 1 fully saturated rings. The first-order valence-corrected chi connectivity index (χ1v) is 7.42. The summed E-state index contributed by atoms with van der Waals surface area (Å²) in [4.78, 5) is 0. The van der Waals surface area contributed by atoms with E-state index in [2.05, 4.69) is 13.3 Å². The Labute approximate surface area is 102 Å². The molecule has 2 N–H and O–H groups in total. The third-order valence-electron chi connectivity index (χ3n) is 3.81. The van der Waals surface area contributed by atoms with Crippen LogP contribution in [0.4, 0.5) is 0 Å². The summed E-state index contributed by atoms with van der Waals surface area (Å²) >= 11 is 0. The molecule has 0 aromatic carbocycles. The Morgan fingerprint density at radius 1 is 1.06 bits per heavy atom. The summed E-state index contributed by atoms with van der Waals surface area (Å²) in [5, 5.41) is 0. The van der Waals surface area contributed by atoms with E-state index in [1.807, 2.05) is 0 Å². The average molecular weight is 224 g/mol. The lowest BCUT2D eigenvalue weighted by Crippen LogP contribution is -2.27. The quantitative estimate of drug-likeness (QED) is 0.605. The van der Waals surface area contributed by atoms with Crippen molar-refractivity contribution < 1.29 is 0 Å². The summed E-state index contributed by atoms with van der Waals surface area (Å²) in [5.41, 5.74) is 5.99. The lowest BCUT2D eigenvalue weighted by Gasteiger charge is -2.26. The highest BCUT2D eigenvalue weighted by Gasteiger charge is 2.18. The molecule has 0 bridgehead atoms. The lowest BCUT2D eigenvalue weighted by atomic mass is 9.83. The second-order valence-corrected chi connectivity index (χ2v) is 5.48. The van der Waals surface area contributed by atoms with Crippen LogP contribution >= 0.6 is 0 Å². The summed E-state index contributed by atoms with van der Waals surface area (Å²) in [7, 11) is 0. The second-order valence-electron chi connectivity index (χ2n) is 5.48. The van der Waals surface area contributed by atoms with Gasteiger partial charge in [0.15, 0.2) is 0 Å². The van der Waals surface area contributed by atoms with Gasteiger partial charge in [-0.25, -0.2) is 0 Å². The molecule has 1 aliphatic carbocycles. The van der Waals surface area contributed by atoms with Gasteiger partial charge in [0.2, 0.25) is 0 Å². The minimum Gasteiger partial charge on any atom is -0.328 e. The lowest BCUT2D eigenvalue weighted by molar-refractivity contribution is 0.347. The summed E-state index contributed by atoms with van der Waals surface area (Å²) in [5.74, 6) is 0.833. The van der Waals surface area contributed by atoms with Crippen LogP contribution in [0.5, 0.6) is 0 Å². The number of nitrogens with two attached hydrogens (primary N) is 1. The van der Waals surface area contributed by atoms with Gasteiger partial charge in [-0.05, 0) is 31.6 Å². The van der Waals surface area contributed by atoms with Gasteiger partial charge in [-0.1, -0.05) is 58.3 Å². The SMILES string of the molecule is CCCCCCCC[CH]C1CCCC(N)C1. The van der Waals surface area contributed by atoms with Crippen LogP contribution in [0, 0.1) is 12.3 Å². The Morgan fingerprint density at radius 3 is 2.56 bits per heavy atom. The van der Waals surface area contributed by atoms with E-state index in [-0.39, 0.29) is 0 Å². The molecule has 0 aromatic heterocycles. The number of hydrogen-bond donors (Lipinski definition) is 1. The molecule has 0 saturated heterocycles. The molecular formula is C15H30N. The van der Waals surface area contributed by atoms with Crippen molar-refractivity contribution in [3.05, 3.63) is 6.42 Å². The second kappa shape index (κ2) is 9.04. The Kier molecular flexibility index (Phi) is 7.92. The van der Waals surface area contributed by atoms with E-state index in [1.54, 1.807) is 0 Å². The van der Waals surface area contributed by atoms with Crippen molar-refractivity contribution in [2.24, 2.45) is 11.7 Å². The van der Waals surface area contributed by atoms with Crippen molar-refractivity contribution in [1.82, 2.24) is 0 Å². The van der Waals surface area contributed by atoms with E-state index in [0.29, 0.717) is 6.04 Å². The van der Waals surface area contributed by atoms with Crippen LogP contribution in [0.1, 0.15) is 77.6 Å².